The van der Waals surface area contributed by atoms with E-state index in [0.717, 1.165) is 10.8 Å². The number of pyridine rings is 1. The average Bonchev–Trinajstić information content (AvgIpc) is 2.04. The molecule has 12 heavy (non-hydrogen) atoms. The van der Waals surface area contributed by atoms with Gasteiger partial charge in [-0.1, -0.05) is 0 Å². The molecule has 0 aliphatic carbocycles. The van der Waals surface area contributed by atoms with Gasteiger partial charge >= 0.3 is 0 Å². The molecule has 60 valence electrons. The fourth-order valence-corrected chi connectivity index (χ4v) is 1.21. The molecule has 3 N–H and O–H groups in total. The monoisotopic (exact) mass is 160 g/mol. The van der Waals surface area contributed by atoms with Crippen LogP contribution in [0.2, 0.25) is 0 Å². The van der Waals surface area contributed by atoms with E-state index in [1.165, 1.54) is 6.07 Å². The minimum atomic E-state index is 0.201. The Morgan fingerprint density at radius 3 is 3.00 bits per heavy atom. The lowest BCUT2D eigenvalue weighted by Crippen LogP contribution is -1.84. The van der Waals surface area contributed by atoms with Crippen LogP contribution in [0.25, 0.3) is 10.8 Å². The van der Waals surface area contributed by atoms with Crippen LogP contribution in [0.15, 0.2) is 30.6 Å². The Bertz CT molecular complexity index is 426. The maximum atomic E-state index is 9.44. The van der Waals surface area contributed by atoms with Crippen LogP contribution in [-0.4, -0.2) is 10.1 Å². The standard InChI is InChI=1S/C9H8N2O/c10-7-3-6-5-11-2-1-8(6)9(12)4-7/h1-5,12H,10H2. The molecule has 0 amide bonds. The number of nitrogen functional groups attached to an aromatic ring is 1. The topological polar surface area (TPSA) is 59.1 Å². The fourth-order valence-electron chi connectivity index (χ4n) is 1.21. The van der Waals surface area contributed by atoms with Crippen molar-refractivity contribution < 1.29 is 5.11 Å². The normalized spacial score (nSPS) is 10.3. The van der Waals surface area contributed by atoms with Gasteiger partial charge in [0.2, 0.25) is 0 Å². The molecule has 0 unspecified atom stereocenters. The molecule has 1 aromatic heterocycles. The summed E-state index contributed by atoms with van der Waals surface area (Å²) in [6, 6.07) is 5.06. The maximum Gasteiger partial charge on any atom is 0.125 e. The number of nitrogens with zero attached hydrogens (tertiary/aromatic N) is 1. The molecule has 0 saturated heterocycles. The van der Waals surface area contributed by atoms with Gasteiger partial charge in [-0.25, -0.2) is 0 Å². The number of phenols is 1. The van der Waals surface area contributed by atoms with Crippen LogP contribution >= 0.6 is 0 Å². The number of hydrogen-bond donors (Lipinski definition) is 2. The van der Waals surface area contributed by atoms with Crippen molar-refractivity contribution in [2.75, 3.05) is 5.73 Å². The maximum absolute atomic E-state index is 9.44. The molecule has 0 aliphatic heterocycles. The second-order valence-corrected chi connectivity index (χ2v) is 2.64. The number of aromatic nitrogens is 1. The Hall–Kier alpha value is -1.77. The van der Waals surface area contributed by atoms with Gasteiger partial charge in [0.1, 0.15) is 5.75 Å². The summed E-state index contributed by atoms with van der Waals surface area (Å²) < 4.78 is 0. The van der Waals surface area contributed by atoms with Crippen molar-refractivity contribution in [3.8, 4) is 5.75 Å². The molecule has 3 heteroatoms. The van der Waals surface area contributed by atoms with Gasteiger partial charge in [-0.05, 0) is 12.1 Å². The average molecular weight is 160 g/mol. The second-order valence-electron chi connectivity index (χ2n) is 2.64. The lowest BCUT2D eigenvalue weighted by atomic mass is 10.1. The number of anilines is 1. The third kappa shape index (κ3) is 0.955. The van der Waals surface area contributed by atoms with Crippen LogP contribution in [0.5, 0.6) is 5.75 Å². The first-order valence-corrected chi connectivity index (χ1v) is 3.59. The Labute approximate surface area is 69.5 Å². The summed E-state index contributed by atoms with van der Waals surface area (Å²) in [6.45, 7) is 0. The molecule has 1 heterocycles. The lowest BCUT2D eigenvalue weighted by molar-refractivity contribution is 0.482. The van der Waals surface area contributed by atoms with Gasteiger partial charge in [0.05, 0.1) is 0 Å². The van der Waals surface area contributed by atoms with E-state index in [0.29, 0.717) is 5.69 Å². The Morgan fingerprint density at radius 2 is 2.17 bits per heavy atom. The van der Waals surface area contributed by atoms with Crippen LogP contribution < -0.4 is 5.73 Å². The fraction of sp³-hybridized carbons (Fsp3) is 0. The molecule has 2 aromatic rings. The summed E-state index contributed by atoms with van der Waals surface area (Å²) in [5.74, 6) is 0.201. The van der Waals surface area contributed by atoms with Crippen molar-refractivity contribution in [3.05, 3.63) is 30.6 Å². The first-order valence-electron chi connectivity index (χ1n) is 3.59. The molecule has 2 rings (SSSR count). The van der Waals surface area contributed by atoms with Gasteiger partial charge in [-0.15, -0.1) is 0 Å². The number of nitrogens with two attached hydrogens (primary N) is 1. The van der Waals surface area contributed by atoms with Gasteiger partial charge in [0.25, 0.3) is 0 Å². The molecule has 0 aliphatic rings. The first-order chi connectivity index (χ1) is 5.77. The summed E-state index contributed by atoms with van der Waals surface area (Å²) in [5, 5.41) is 11.1. The smallest absolute Gasteiger partial charge is 0.125 e. The van der Waals surface area contributed by atoms with Gasteiger partial charge in [0.15, 0.2) is 0 Å². The van der Waals surface area contributed by atoms with E-state index in [-0.39, 0.29) is 5.75 Å². The van der Waals surface area contributed by atoms with E-state index in [2.05, 4.69) is 4.98 Å². The van der Waals surface area contributed by atoms with E-state index in [1.54, 1.807) is 24.5 Å². The number of fused-ring (bicyclic) bond motifs is 1. The molecule has 0 fully saturated rings. The van der Waals surface area contributed by atoms with Crippen LogP contribution in [0.3, 0.4) is 0 Å². The predicted octanol–water partition coefficient (Wildman–Crippen LogP) is 1.52. The summed E-state index contributed by atoms with van der Waals surface area (Å²) >= 11 is 0. The Balaban J connectivity index is 2.89. The van der Waals surface area contributed by atoms with E-state index in [1.807, 2.05) is 0 Å². The zero-order chi connectivity index (χ0) is 8.55. The molecule has 1 aromatic carbocycles. The van der Waals surface area contributed by atoms with E-state index in [9.17, 15) is 5.11 Å². The summed E-state index contributed by atoms with van der Waals surface area (Å²) in [6.07, 6.45) is 3.31. The van der Waals surface area contributed by atoms with Gasteiger partial charge in [-0.3, -0.25) is 4.98 Å². The zero-order valence-corrected chi connectivity index (χ0v) is 6.36. The van der Waals surface area contributed by atoms with E-state index < -0.39 is 0 Å². The van der Waals surface area contributed by atoms with Crippen LogP contribution in [-0.2, 0) is 0 Å². The van der Waals surface area contributed by atoms with Crippen LogP contribution in [0.1, 0.15) is 0 Å². The largest absolute Gasteiger partial charge is 0.507 e. The minimum absolute atomic E-state index is 0.201. The highest BCUT2D eigenvalue weighted by molar-refractivity contribution is 5.90. The molecule has 0 bridgehead atoms. The number of benzene rings is 1. The molecule has 3 nitrogen and oxygen atoms in total. The van der Waals surface area contributed by atoms with Gasteiger partial charge < -0.3 is 10.8 Å². The third-order valence-corrected chi connectivity index (χ3v) is 1.75. The van der Waals surface area contributed by atoms with Gasteiger partial charge in [0, 0.05) is 34.9 Å². The summed E-state index contributed by atoms with van der Waals surface area (Å²) in [4.78, 5) is 3.93. The highest BCUT2D eigenvalue weighted by Crippen LogP contribution is 2.26. The van der Waals surface area contributed by atoms with E-state index >= 15 is 0 Å². The van der Waals surface area contributed by atoms with Gasteiger partial charge in [-0.2, -0.15) is 0 Å². The molecular weight excluding hydrogens is 152 g/mol. The second kappa shape index (κ2) is 2.37. The lowest BCUT2D eigenvalue weighted by Gasteiger charge is -2.00. The molecule has 0 radical (unpaired) electrons. The van der Waals surface area contributed by atoms with Crippen molar-refractivity contribution in [2.24, 2.45) is 0 Å². The van der Waals surface area contributed by atoms with E-state index in [4.69, 9.17) is 5.73 Å². The highest BCUT2D eigenvalue weighted by Gasteiger charge is 1.99. The Morgan fingerprint density at radius 1 is 1.33 bits per heavy atom. The van der Waals surface area contributed by atoms with Crippen molar-refractivity contribution in [3.63, 3.8) is 0 Å². The molecule has 0 saturated carbocycles. The molecular formula is C9H8N2O. The number of phenolic OH excluding ortho intramolecular Hbond substituents is 1. The summed E-state index contributed by atoms with van der Waals surface area (Å²) in [7, 11) is 0. The van der Waals surface area contributed by atoms with Crippen molar-refractivity contribution >= 4 is 16.5 Å². The number of hydrogen-bond acceptors (Lipinski definition) is 3. The zero-order valence-electron chi connectivity index (χ0n) is 6.36. The van der Waals surface area contributed by atoms with Crippen molar-refractivity contribution in [2.45, 2.75) is 0 Å². The van der Waals surface area contributed by atoms with Crippen molar-refractivity contribution in [1.82, 2.24) is 4.98 Å². The van der Waals surface area contributed by atoms with Crippen LogP contribution in [0.4, 0.5) is 5.69 Å². The summed E-state index contributed by atoms with van der Waals surface area (Å²) in [5.41, 5.74) is 6.09. The molecule has 0 spiro atoms. The predicted molar refractivity (Wildman–Crippen MR) is 47.8 cm³/mol. The number of aromatic hydroxyl groups is 1. The minimum Gasteiger partial charge on any atom is -0.507 e. The SMILES string of the molecule is Nc1cc(O)c2ccncc2c1. The first kappa shape index (κ1) is 6.91. The number of rotatable bonds is 0. The third-order valence-electron chi connectivity index (χ3n) is 1.75. The van der Waals surface area contributed by atoms with Crippen molar-refractivity contribution in [1.29, 1.82) is 0 Å². The van der Waals surface area contributed by atoms with Crippen LogP contribution in [0, 0.1) is 0 Å². The highest BCUT2D eigenvalue weighted by atomic mass is 16.3. The quantitative estimate of drug-likeness (QED) is 0.574. The molecule has 0 atom stereocenters. The Kier molecular flexibility index (Phi) is 1.37.